The number of amides is 2. The summed E-state index contributed by atoms with van der Waals surface area (Å²) < 4.78 is 5.41. The number of nitrogens with zero attached hydrogens (tertiary/aromatic N) is 1. The predicted molar refractivity (Wildman–Crippen MR) is 79.6 cm³/mol. The van der Waals surface area contributed by atoms with Crippen LogP contribution in [0.2, 0.25) is 0 Å². The van der Waals surface area contributed by atoms with Crippen LogP contribution in [-0.4, -0.2) is 55.1 Å². The van der Waals surface area contributed by atoms with Crippen LogP contribution in [0.3, 0.4) is 0 Å². The first-order valence-corrected chi connectivity index (χ1v) is 7.97. The Labute approximate surface area is 126 Å². The maximum atomic E-state index is 12.9. The van der Waals surface area contributed by atoms with Gasteiger partial charge in [-0.1, -0.05) is 13.8 Å². The third-order valence-corrected chi connectivity index (χ3v) is 4.81. The molecule has 0 aromatic rings. The van der Waals surface area contributed by atoms with Crippen molar-refractivity contribution in [1.29, 1.82) is 0 Å². The van der Waals surface area contributed by atoms with Crippen molar-refractivity contribution in [2.45, 2.75) is 51.6 Å². The molecule has 3 N–H and O–H groups in total. The summed E-state index contributed by atoms with van der Waals surface area (Å²) >= 11 is 0. The number of rotatable bonds is 6. The maximum absolute atomic E-state index is 12.9. The minimum Gasteiger partial charge on any atom is -0.377 e. The molecule has 1 saturated carbocycles. The van der Waals surface area contributed by atoms with Crippen molar-refractivity contribution in [2.75, 3.05) is 26.3 Å². The molecule has 1 aliphatic carbocycles. The third-order valence-electron chi connectivity index (χ3n) is 4.81. The van der Waals surface area contributed by atoms with E-state index in [1.807, 2.05) is 13.8 Å². The number of morpholine rings is 1. The molecule has 1 saturated heterocycles. The first kappa shape index (κ1) is 16.2. The molecular weight excluding hydrogens is 270 g/mol. The largest absolute Gasteiger partial charge is 0.377 e. The highest BCUT2D eigenvalue weighted by molar-refractivity contribution is 5.90. The molecule has 6 nitrogen and oxygen atoms in total. The van der Waals surface area contributed by atoms with Gasteiger partial charge in [0.25, 0.3) is 0 Å². The molecule has 1 aliphatic heterocycles. The molecule has 0 aromatic heterocycles. The number of ether oxygens (including phenoxy) is 1. The molecule has 0 bridgehead atoms. The van der Waals surface area contributed by atoms with Crippen LogP contribution < -0.4 is 11.1 Å². The Kier molecular flexibility index (Phi) is 5.22. The number of nitrogens with two attached hydrogens (primary N) is 1. The Morgan fingerprint density at radius 1 is 1.33 bits per heavy atom. The van der Waals surface area contributed by atoms with Crippen molar-refractivity contribution in [1.82, 2.24) is 10.2 Å². The highest BCUT2D eigenvalue weighted by Gasteiger charge is 2.43. The number of nitrogens with one attached hydrogen (secondary N) is 1. The molecule has 21 heavy (non-hydrogen) atoms. The van der Waals surface area contributed by atoms with Gasteiger partial charge in [0, 0.05) is 19.1 Å². The molecule has 1 atom stereocenters. The highest BCUT2D eigenvalue weighted by atomic mass is 16.5. The predicted octanol–water partition coefficient (Wildman–Crippen LogP) is 0.258. The van der Waals surface area contributed by atoms with E-state index in [9.17, 15) is 9.59 Å². The molecule has 2 amide bonds. The zero-order valence-electron chi connectivity index (χ0n) is 13.1. The smallest absolute Gasteiger partial charge is 0.245 e. The van der Waals surface area contributed by atoms with Crippen LogP contribution in [0.4, 0.5) is 0 Å². The molecule has 2 fully saturated rings. The van der Waals surface area contributed by atoms with Crippen LogP contribution in [0.25, 0.3) is 0 Å². The van der Waals surface area contributed by atoms with Crippen molar-refractivity contribution in [3.05, 3.63) is 0 Å². The van der Waals surface area contributed by atoms with E-state index >= 15 is 0 Å². The SMILES string of the molecule is CCC(CC)(CN)C(=O)N1CCOCC1C(=O)NC1CC1. The summed E-state index contributed by atoms with van der Waals surface area (Å²) in [5.74, 6) is -0.0991. The number of carbonyl (C=O) groups is 2. The average molecular weight is 297 g/mol. The fourth-order valence-corrected chi connectivity index (χ4v) is 2.82. The van der Waals surface area contributed by atoms with Crippen molar-refractivity contribution in [3.8, 4) is 0 Å². The van der Waals surface area contributed by atoms with Crippen LogP contribution in [0.5, 0.6) is 0 Å². The van der Waals surface area contributed by atoms with E-state index in [0.717, 1.165) is 12.8 Å². The molecule has 1 unspecified atom stereocenters. The van der Waals surface area contributed by atoms with Crippen LogP contribution >= 0.6 is 0 Å². The zero-order chi connectivity index (χ0) is 15.5. The quantitative estimate of drug-likeness (QED) is 0.736. The zero-order valence-corrected chi connectivity index (χ0v) is 13.1. The fraction of sp³-hybridized carbons (Fsp3) is 0.867. The second-order valence-corrected chi connectivity index (χ2v) is 6.06. The lowest BCUT2D eigenvalue weighted by atomic mass is 9.80. The first-order chi connectivity index (χ1) is 10.1. The maximum Gasteiger partial charge on any atom is 0.245 e. The monoisotopic (exact) mass is 297 g/mol. The van der Waals surface area contributed by atoms with Gasteiger partial charge in [-0.25, -0.2) is 0 Å². The first-order valence-electron chi connectivity index (χ1n) is 7.97. The van der Waals surface area contributed by atoms with E-state index in [-0.39, 0.29) is 24.5 Å². The normalized spacial score (nSPS) is 23.0. The van der Waals surface area contributed by atoms with Gasteiger partial charge < -0.3 is 20.7 Å². The second-order valence-electron chi connectivity index (χ2n) is 6.06. The highest BCUT2D eigenvalue weighted by Crippen LogP contribution is 2.29. The summed E-state index contributed by atoms with van der Waals surface area (Å²) in [5, 5.41) is 2.97. The Balaban J connectivity index is 2.12. The number of hydrogen-bond donors (Lipinski definition) is 2. The molecule has 6 heteroatoms. The lowest BCUT2D eigenvalue weighted by Gasteiger charge is -2.41. The summed E-state index contributed by atoms with van der Waals surface area (Å²) in [4.78, 5) is 27.0. The van der Waals surface area contributed by atoms with Crippen molar-refractivity contribution < 1.29 is 14.3 Å². The molecule has 120 valence electrons. The van der Waals surface area contributed by atoms with E-state index in [1.54, 1.807) is 4.90 Å². The van der Waals surface area contributed by atoms with E-state index in [1.165, 1.54) is 0 Å². The van der Waals surface area contributed by atoms with Crippen molar-refractivity contribution >= 4 is 11.8 Å². The molecular formula is C15H27N3O3. The Hall–Kier alpha value is -1.14. The lowest BCUT2D eigenvalue weighted by Crippen LogP contribution is -2.60. The van der Waals surface area contributed by atoms with Crippen LogP contribution in [-0.2, 0) is 14.3 Å². The molecule has 0 spiro atoms. The fourth-order valence-electron chi connectivity index (χ4n) is 2.82. The minimum absolute atomic E-state index is 0.00533. The van der Waals surface area contributed by atoms with Gasteiger partial charge in [0.2, 0.25) is 11.8 Å². The molecule has 2 rings (SSSR count). The van der Waals surface area contributed by atoms with Crippen LogP contribution in [0.15, 0.2) is 0 Å². The summed E-state index contributed by atoms with van der Waals surface area (Å²) in [6, 6.07) is -0.233. The van der Waals surface area contributed by atoms with Gasteiger partial charge in [0.1, 0.15) is 6.04 Å². The minimum atomic E-state index is -0.560. The average Bonchev–Trinajstić information content (AvgIpc) is 3.33. The molecule has 0 aromatic carbocycles. The van der Waals surface area contributed by atoms with Crippen LogP contribution in [0.1, 0.15) is 39.5 Å². The van der Waals surface area contributed by atoms with E-state index in [4.69, 9.17) is 10.5 Å². The molecule has 0 radical (unpaired) electrons. The van der Waals surface area contributed by atoms with Gasteiger partial charge in [-0.15, -0.1) is 0 Å². The summed E-state index contributed by atoms with van der Waals surface area (Å²) in [5.41, 5.74) is 5.31. The van der Waals surface area contributed by atoms with Gasteiger partial charge in [-0.05, 0) is 25.7 Å². The van der Waals surface area contributed by atoms with Gasteiger partial charge >= 0.3 is 0 Å². The Bertz CT molecular complexity index is 383. The summed E-state index contributed by atoms with van der Waals surface area (Å²) in [6.07, 6.45) is 3.44. The van der Waals surface area contributed by atoms with Gasteiger partial charge in [0.15, 0.2) is 0 Å². The van der Waals surface area contributed by atoms with Crippen molar-refractivity contribution in [2.24, 2.45) is 11.1 Å². The Morgan fingerprint density at radius 2 is 2.00 bits per heavy atom. The molecule has 2 aliphatic rings. The molecule has 1 heterocycles. The number of hydrogen-bond acceptors (Lipinski definition) is 4. The Morgan fingerprint density at radius 3 is 2.52 bits per heavy atom. The van der Waals surface area contributed by atoms with E-state index in [2.05, 4.69) is 5.32 Å². The van der Waals surface area contributed by atoms with Gasteiger partial charge in [-0.2, -0.15) is 0 Å². The van der Waals surface area contributed by atoms with Gasteiger partial charge in [0.05, 0.1) is 18.6 Å². The standard InChI is InChI=1S/C15H27N3O3/c1-3-15(4-2,10-16)14(20)18-7-8-21-9-12(18)13(19)17-11-5-6-11/h11-12H,3-10,16H2,1-2H3,(H,17,19). The third kappa shape index (κ3) is 3.37. The van der Waals surface area contributed by atoms with E-state index in [0.29, 0.717) is 32.5 Å². The number of carbonyl (C=O) groups excluding carboxylic acids is 2. The van der Waals surface area contributed by atoms with E-state index < -0.39 is 11.5 Å². The van der Waals surface area contributed by atoms with Crippen molar-refractivity contribution in [3.63, 3.8) is 0 Å². The summed E-state index contributed by atoms with van der Waals surface area (Å²) in [7, 11) is 0. The summed E-state index contributed by atoms with van der Waals surface area (Å²) in [6.45, 7) is 5.49. The van der Waals surface area contributed by atoms with Gasteiger partial charge in [-0.3, -0.25) is 9.59 Å². The topological polar surface area (TPSA) is 84.7 Å². The second kappa shape index (κ2) is 6.75. The lowest BCUT2D eigenvalue weighted by molar-refractivity contribution is -0.156. The van der Waals surface area contributed by atoms with Crippen LogP contribution in [0, 0.1) is 5.41 Å².